The maximum atomic E-state index is 13.7. The molecule has 20 heavy (non-hydrogen) atoms. The fourth-order valence-electron chi connectivity index (χ4n) is 2.30. The van der Waals surface area contributed by atoms with Crippen LogP contribution in [0.5, 0.6) is 0 Å². The minimum absolute atomic E-state index is 0.0217. The summed E-state index contributed by atoms with van der Waals surface area (Å²) in [7, 11) is 1.83. The van der Waals surface area contributed by atoms with Gasteiger partial charge in [0.2, 0.25) is 5.95 Å². The van der Waals surface area contributed by atoms with Gasteiger partial charge in [-0.25, -0.2) is 9.37 Å². The van der Waals surface area contributed by atoms with Crippen LogP contribution in [0.3, 0.4) is 0 Å². The Balaban J connectivity index is 2.23. The van der Waals surface area contributed by atoms with Crippen molar-refractivity contribution in [3.05, 3.63) is 35.1 Å². The van der Waals surface area contributed by atoms with Gasteiger partial charge >= 0.3 is 0 Å². The van der Waals surface area contributed by atoms with E-state index in [1.165, 1.54) is 12.1 Å². The second-order valence-corrected chi connectivity index (χ2v) is 4.98. The molecule has 0 spiro atoms. The third kappa shape index (κ3) is 1.82. The van der Waals surface area contributed by atoms with Crippen molar-refractivity contribution in [2.45, 2.75) is 13.0 Å². The van der Waals surface area contributed by atoms with Crippen LogP contribution in [-0.2, 0) is 7.05 Å². The number of nitrogens with two attached hydrogens (primary N) is 1. The zero-order valence-electron chi connectivity index (χ0n) is 10.9. The summed E-state index contributed by atoms with van der Waals surface area (Å²) >= 11 is 5.76. The van der Waals surface area contributed by atoms with E-state index in [0.29, 0.717) is 16.9 Å². The molecule has 0 aliphatic carbocycles. The number of nitrogen functional groups attached to an aromatic ring is 1. The average molecular weight is 295 g/mol. The maximum absolute atomic E-state index is 13.7. The highest BCUT2D eigenvalue weighted by molar-refractivity contribution is 6.31. The number of imidazole rings is 1. The first-order valence-electron chi connectivity index (χ1n) is 5.95. The zero-order valence-corrected chi connectivity index (χ0v) is 11.6. The number of aryl methyl sites for hydroxylation is 1. The Hall–Kier alpha value is -2.15. The van der Waals surface area contributed by atoms with Crippen molar-refractivity contribution >= 4 is 28.6 Å². The second kappa shape index (κ2) is 4.45. The summed E-state index contributed by atoms with van der Waals surface area (Å²) in [6, 6.07) is 2.56. The van der Waals surface area contributed by atoms with E-state index >= 15 is 0 Å². The van der Waals surface area contributed by atoms with Crippen LogP contribution >= 0.6 is 11.6 Å². The van der Waals surface area contributed by atoms with E-state index < -0.39 is 5.82 Å². The number of rotatable bonds is 2. The molecule has 0 aliphatic heterocycles. The van der Waals surface area contributed by atoms with Gasteiger partial charge in [-0.1, -0.05) is 11.6 Å². The van der Waals surface area contributed by atoms with Gasteiger partial charge in [0.15, 0.2) is 5.82 Å². The number of aromatic nitrogens is 5. The highest BCUT2D eigenvalue weighted by atomic mass is 35.5. The number of anilines is 1. The largest absolute Gasteiger partial charge is 0.369 e. The maximum Gasteiger partial charge on any atom is 0.201 e. The molecule has 1 aromatic carbocycles. The van der Waals surface area contributed by atoms with Gasteiger partial charge in [0.25, 0.3) is 0 Å². The molecule has 0 saturated carbocycles. The molecule has 0 fully saturated rings. The lowest BCUT2D eigenvalue weighted by Crippen LogP contribution is -2.14. The first-order chi connectivity index (χ1) is 9.49. The number of benzene rings is 1. The zero-order chi connectivity index (χ0) is 14.4. The molecule has 1 atom stereocenters. The molecule has 2 aromatic heterocycles. The van der Waals surface area contributed by atoms with Crippen molar-refractivity contribution < 1.29 is 4.39 Å². The fourth-order valence-corrected chi connectivity index (χ4v) is 2.46. The van der Waals surface area contributed by atoms with Gasteiger partial charge in [0.05, 0.1) is 22.1 Å². The SMILES string of the molecule is CC(c1nncn1C)n1c(N)nc2cc(Cl)c(F)cc21. The minimum Gasteiger partial charge on any atom is -0.369 e. The number of fused-ring (bicyclic) bond motifs is 1. The van der Waals surface area contributed by atoms with Crippen molar-refractivity contribution in [2.75, 3.05) is 5.73 Å². The van der Waals surface area contributed by atoms with E-state index in [-0.39, 0.29) is 17.0 Å². The topological polar surface area (TPSA) is 74.5 Å². The van der Waals surface area contributed by atoms with E-state index in [1.54, 1.807) is 15.5 Å². The summed E-state index contributed by atoms with van der Waals surface area (Å²) in [5.41, 5.74) is 7.05. The number of halogens is 2. The molecule has 0 amide bonds. The monoisotopic (exact) mass is 294 g/mol. The number of nitrogens with zero attached hydrogens (tertiary/aromatic N) is 5. The Morgan fingerprint density at radius 1 is 1.40 bits per heavy atom. The summed E-state index contributed by atoms with van der Waals surface area (Å²) in [6.45, 7) is 1.90. The lowest BCUT2D eigenvalue weighted by atomic mass is 10.2. The van der Waals surface area contributed by atoms with Gasteiger partial charge in [0.1, 0.15) is 12.1 Å². The molecule has 0 bridgehead atoms. The Labute approximate surface area is 119 Å². The molecule has 1 unspecified atom stereocenters. The van der Waals surface area contributed by atoms with Crippen molar-refractivity contribution in [3.8, 4) is 0 Å². The van der Waals surface area contributed by atoms with Crippen LogP contribution in [0.1, 0.15) is 18.8 Å². The van der Waals surface area contributed by atoms with Gasteiger partial charge < -0.3 is 10.3 Å². The van der Waals surface area contributed by atoms with Crippen LogP contribution in [0, 0.1) is 5.82 Å². The molecule has 0 saturated heterocycles. The lowest BCUT2D eigenvalue weighted by Gasteiger charge is -2.15. The smallest absolute Gasteiger partial charge is 0.201 e. The van der Waals surface area contributed by atoms with Crippen molar-refractivity contribution in [2.24, 2.45) is 7.05 Å². The molecule has 8 heteroatoms. The van der Waals surface area contributed by atoms with Crippen LogP contribution in [0.15, 0.2) is 18.5 Å². The lowest BCUT2D eigenvalue weighted by molar-refractivity contribution is 0.590. The Morgan fingerprint density at radius 2 is 2.15 bits per heavy atom. The van der Waals surface area contributed by atoms with Crippen molar-refractivity contribution in [1.29, 1.82) is 0 Å². The predicted molar refractivity (Wildman–Crippen MR) is 73.9 cm³/mol. The van der Waals surface area contributed by atoms with E-state index in [1.807, 2.05) is 14.0 Å². The van der Waals surface area contributed by atoms with Crippen LogP contribution in [0.25, 0.3) is 11.0 Å². The van der Waals surface area contributed by atoms with Gasteiger partial charge in [-0.2, -0.15) is 0 Å². The quantitative estimate of drug-likeness (QED) is 0.786. The second-order valence-electron chi connectivity index (χ2n) is 4.57. The van der Waals surface area contributed by atoms with E-state index in [4.69, 9.17) is 17.3 Å². The van der Waals surface area contributed by atoms with Gasteiger partial charge in [-0.15, -0.1) is 10.2 Å². The fraction of sp³-hybridized carbons (Fsp3) is 0.250. The standard InChI is InChI=1S/C12H12ClFN6/c1-6(11-18-16-5-19(11)2)20-10-4-8(14)7(13)3-9(10)17-12(20)15/h3-6H,1-2H3,(H2,15,17). The minimum atomic E-state index is -0.509. The van der Waals surface area contributed by atoms with Gasteiger partial charge in [0, 0.05) is 13.1 Å². The Kier molecular flexibility index (Phi) is 2.86. The summed E-state index contributed by atoms with van der Waals surface area (Å²) in [5, 5.41) is 7.91. The molecule has 104 valence electrons. The summed E-state index contributed by atoms with van der Waals surface area (Å²) in [4.78, 5) is 4.21. The number of hydrogen-bond acceptors (Lipinski definition) is 4. The average Bonchev–Trinajstić information content (AvgIpc) is 2.93. The molecule has 3 aromatic rings. The summed E-state index contributed by atoms with van der Waals surface area (Å²) in [5.74, 6) is 0.467. The molecule has 3 rings (SSSR count). The predicted octanol–water partition coefficient (Wildman–Crippen LogP) is 2.15. The third-order valence-electron chi connectivity index (χ3n) is 3.27. The van der Waals surface area contributed by atoms with E-state index in [9.17, 15) is 4.39 Å². The van der Waals surface area contributed by atoms with Crippen LogP contribution < -0.4 is 5.73 Å². The molecular formula is C12H12ClFN6. The number of hydrogen-bond donors (Lipinski definition) is 1. The highest BCUT2D eigenvalue weighted by Gasteiger charge is 2.20. The molecule has 0 radical (unpaired) electrons. The van der Waals surface area contributed by atoms with Crippen LogP contribution in [-0.4, -0.2) is 24.3 Å². The van der Waals surface area contributed by atoms with Crippen molar-refractivity contribution in [1.82, 2.24) is 24.3 Å². The molecule has 0 aliphatic rings. The van der Waals surface area contributed by atoms with Crippen molar-refractivity contribution in [3.63, 3.8) is 0 Å². The van der Waals surface area contributed by atoms with Gasteiger partial charge in [-0.05, 0) is 13.0 Å². The molecule has 2 N–H and O–H groups in total. The Bertz CT molecular complexity index is 793. The summed E-state index contributed by atoms with van der Waals surface area (Å²) in [6.07, 6.45) is 1.60. The highest BCUT2D eigenvalue weighted by Crippen LogP contribution is 2.29. The first-order valence-corrected chi connectivity index (χ1v) is 6.33. The molecular weight excluding hydrogens is 283 g/mol. The van der Waals surface area contributed by atoms with E-state index in [2.05, 4.69) is 15.2 Å². The molecule has 2 heterocycles. The van der Waals surface area contributed by atoms with Crippen LogP contribution in [0.2, 0.25) is 5.02 Å². The Morgan fingerprint density at radius 3 is 2.80 bits per heavy atom. The third-order valence-corrected chi connectivity index (χ3v) is 3.56. The van der Waals surface area contributed by atoms with Gasteiger partial charge in [-0.3, -0.25) is 4.57 Å². The summed E-state index contributed by atoms with van der Waals surface area (Å²) < 4.78 is 17.2. The molecule has 6 nitrogen and oxygen atoms in total. The normalized spacial score (nSPS) is 13.0. The van der Waals surface area contributed by atoms with Crippen LogP contribution in [0.4, 0.5) is 10.3 Å². The first kappa shape index (κ1) is 12.9. The van der Waals surface area contributed by atoms with E-state index in [0.717, 1.165) is 0 Å².